The van der Waals surface area contributed by atoms with Crippen molar-refractivity contribution in [2.24, 2.45) is 0 Å². The third-order valence-corrected chi connectivity index (χ3v) is 3.00. The van der Waals surface area contributed by atoms with Crippen molar-refractivity contribution >= 4 is 28.2 Å². The summed E-state index contributed by atoms with van der Waals surface area (Å²) in [5.74, 6) is 2.27. The highest BCUT2D eigenvalue weighted by molar-refractivity contribution is 5.92. The van der Waals surface area contributed by atoms with E-state index in [0.29, 0.717) is 0 Å². The SMILES string of the molecule is CNc1cc(Nc2cccc3ncccc23)nc(C)n1. The molecular formula is C15H15N5. The summed E-state index contributed by atoms with van der Waals surface area (Å²) in [6.07, 6.45) is 1.79. The molecule has 0 radical (unpaired) electrons. The highest BCUT2D eigenvalue weighted by Gasteiger charge is 2.04. The van der Waals surface area contributed by atoms with E-state index < -0.39 is 0 Å². The molecule has 20 heavy (non-hydrogen) atoms. The van der Waals surface area contributed by atoms with Crippen molar-refractivity contribution < 1.29 is 0 Å². The Hall–Kier alpha value is -2.69. The Morgan fingerprint density at radius 3 is 2.70 bits per heavy atom. The van der Waals surface area contributed by atoms with Crippen LogP contribution in [-0.4, -0.2) is 22.0 Å². The van der Waals surface area contributed by atoms with Crippen LogP contribution in [0.25, 0.3) is 10.9 Å². The number of anilines is 3. The number of rotatable bonds is 3. The maximum atomic E-state index is 4.40. The van der Waals surface area contributed by atoms with E-state index in [1.54, 1.807) is 6.20 Å². The molecule has 0 saturated heterocycles. The lowest BCUT2D eigenvalue weighted by Crippen LogP contribution is -2.01. The maximum absolute atomic E-state index is 4.40. The summed E-state index contributed by atoms with van der Waals surface area (Å²) in [7, 11) is 1.84. The predicted octanol–water partition coefficient (Wildman–Crippen LogP) is 3.12. The Morgan fingerprint density at radius 1 is 1.00 bits per heavy atom. The van der Waals surface area contributed by atoms with E-state index >= 15 is 0 Å². The molecule has 2 heterocycles. The van der Waals surface area contributed by atoms with E-state index in [2.05, 4.69) is 25.6 Å². The average molecular weight is 265 g/mol. The molecule has 1 aromatic carbocycles. The van der Waals surface area contributed by atoms with Crippen LogP contribution in [0.5, 0.6) is 0 Å². The van der Waals surface area contributed by atoms with Gasteiger partial charge in [-0.3, -0.25) is 4.98 Å². The number of aryl methyl sites for hydroxylation is 1. The van der Waals surface area contributed by atoms with Crippen LogP contribution in [0.3, 0.4) is 0 Å². The van der Waals surface area contributed by atoms with Gasteiger partial charge in [0.15, 0.2) is 0 Å². The standard InChI is InChI=1S/C15H15N5/c1-10-18-14(16-2)9-15(19-10)20-13-7-3-6-12-11(13)5-4-8-17-12/h3-9H,1-2H3,(H2,16,18,19,20). The Morgan fingerprint density at radius 2 is 1.85 bits per heavy atom. The van der Waals surface area contributed by atoms with Gasteiger partial charge in [-0.25, -0.2) is 9.97 Å². The van der Waals surface area contributed by atoms with Crippen molar-refractivity contribution in [2.75, 3.05) is 17.7 Å². The molecule has 2 aromatic heterocycles. The first-order valence-electron chi connectivity index (χ1n) is 6.40. The van der Waals surface area contributed by atoms with Crippen molar-refractivity contribution in [3.8, 4) is 0 Å². The molecule has 0 amide bonds. The van der Waals surface area contributed by atoms with E-state index in [0.717, 1.165) is 34.1 Å². The van der Waals surface area contributed by atoms with Crippen LogP contribution >= 0.6 is 0 Å². The summed E-state index contributed by atoms with van der Waals surface area (Å²) in [6.45, 7) is 1.87. The van der Waals surface area contributed by atoms with Gasteiger partial charge < -0.3 is 10.6 Å². The summed E-state index contributed by atoms with van der Waals surface area (Å²) in [5, 5.41) is 7.43. The summed E-state index contributed by atoms with van der Waals surface area (Å²) < 4.78 is 0. The van der Waals surface area contributed by atoms with Crippen LogP contribution < -0.4 is 10.6 Å². The Balaban J connectivity index is 2.03. The Bertz CT molecular complexity index is 749. The van der Waals surface area contributed by atoms with Crippen LogP contribution in [0.15, 0.2) is 42.6 Å². The van der Waals surface area contributed by atoms with Gasteiger partial charge in [0.05, 0.1) is 5.52 Å². The second-order valence-corrected chi connectivity index (χ2v) is 4.44. The molecule has 0 aliphatic carbocycles. The van der Waals surface area contributed by atoms with E-state index in [-0.39, 0.29) is 0 Å². The monoisotopic (exact) mass is 265 g/mol. The van der Waals surface area contributed by atoms with Gasteiger partial charge in [-0.05, 0) is 31.2 Å². The number of fused-ring (bicyclic) bond motifs is 1. The first kappa shape index (κ1) is 12.3. The number of nitrogens with zero attached hydrogens (tertiary/aromatic N) is 3. The Kier molecular flexibility index (Phi) is 3.16. The molecule has 0 atom stereocenters. The number of aromatic nitrogens is 3. The first-order chi connectivity index (χ1) is 9.76. The summed E-state index contributed by atoms with van der Waals surface area (Å²) in [5.41, 5.74) is 1.94. The van der Waals surface area contributed by atoms with Crippen molar-refractivity contribution in [1.82, 2.24) is 15.0 Å². The second-order valence-electron chi connectivity index (χ2n) is 4.44. The van der Waals surface area contributed by atoms with E-state index in [1.807, 2.05) is 50.4 Å². The molecule has 0 spiro atoms. The number of hydrogen-bond donors (Lipinski definition) is 2. The molecule has 0 fully saturated rings. The fourth-order valence-corrected chi connectivity index (χ4v) is 2.11. The molecule has 3 rings (SSSR count). The van der Waals surface area contributed by atoms with Crippen molar-refractivity contribution in [3.05, 3.63) is 48.4 Å². The number of benzene rings is 1. The van der Waals surface area contributed by atoms with Gasteiger partial charge >= 0.3 is 0 Å². The lowest BCUT2D eigenvalue weighted by molar-refractivity contribution is 1.06. The van der Waals surface area contributed by atoms with Crippen LogP contribution in [-0.2, 0) is 0 Å². The van der Waals surface area contributed by atoms with Gasteiger partial charge in [0, 0.05) is 30.4 Å². The molecule has 0 aliphatic rings. The van der Waals surface area contributed by atoms with E-state index in [9.17, 15) is 0 Å². The topological polar surface area (TPSA) is 62.7 Å². The third-order valence-electron chi connectivity index (χ3n) is 3.00. The summed E-state index contributed by atoms with van der Waals surface area (Å²) in [4.78, 5) is 13.0. The number of pyridine rings is 1. The zero-order chi connectivity index (χ0) is 13.9. The van der Waals surface area contributed by atoms with Crippen LogP contribution in [0.1, 0.15) is 5.82 Å². The highest BCUT2D eigenvalue weighted by atomic mass is 15.1. The first-order valence-corrected chi connectivity index (χ1v) is 6.40. The van der Waals surface area contributed by atoms with Gasteiger partial charge in [0.25, 0.3) is 0 Å². The van der Waals surface area contributed by atoms with Crippen molar-refractivity contribution in [1.29, 1.82) is 0 Å². The van der Waals surface area contributed by atoms with Gasteiger partial charge in [-0.1, -0.05) is 6.07 Å². The number of nitrogens with one attached hydrogen (secondary N) is 2. The van der Waals surface area contributed by atoms with E-state index in [1.165, 1.54) is 0 Å². The molecule has 5 heteroatoms. The van der Waals surface area contributed by atoms with Crippen LogP contribution in [0.4, 0.5) is 17.3 Å². The zero-order valence-corrected chi connectivity index (χ0v) is 11.4. The molecule has 0 saturated carbocycles. The molecule has 0 bridgehead atoms. The molecule has 2 N–H and O–H groups in total. The summed E-state index contributed by atoms with van der Waals surface area (Å²) >= 11 is 0. The second kappa shape index (κ2) is 5.13. The Labute approximate surface area is 117 Å². The minimum atomic E-state index is 0.720. The fourth-order valence-electron chi connectivity index (χ4n) is 2.11. The highest BCUT2D eigenvalue weighted by Crippen LogP contribution is 2.25. The van der Waals surface area contributed by atoms with Crippen LogP contribution in [0, 0.1) is 6.92 Å². The average Bonchev–Trinajstić information content (AvgIpc) is 2.47. The molecule has 5 nitrogen and oxygen atoms in total. The quantitative estimate of drug-likeness (QED) is 0.761. The molecule has 0 aliphatic heterocycles. The lowest BCUT2D eigenvalue weighted by atomic mass is 10.2. The zero-order valence-electron chi connectivity index (χ0n) is 11.4. The summed E-state index contributed by atoms with van der Waals surface area (Å²) in [6, 6.07) is 11.8. The van der Waals surface area contributed by atoms with Crippen molar-refractivity contribution in [2.45, 2.75) is 6.92 Å². The van der Waals surface area contributed by atoms with Crippen molar-refractivity contribution in [3.63, 3.8) is 0 Å². The fraction of sp³-hybridized carbons (Fsp3) is 0.133. The normalized spacial score (nSPS) is 10.5. The molecule has 3 aromatic rings. The smallest absolute Gasteiger partial charge is 0.136 e. The minimum absolute atomic E-state index is 0.720. The maximum Gasteiger partial charge on any atom is 0.136 e. The molecule has 100 valence electrons. The molecular weight excluding hydrogens is 250 g/mol. The minimum Gasteiger partial charge on any atom is -0.373 e. The van der Waals surface area contributed by atoms with Gasteiger partial charge in [0.2, 0.25) is 0 Å². The third kappa shape index (κ3) is 2.38. The van der Waals surface area contributed by atoms with Gasteiger partial charge in [0.1, 0.15) is 17.5 Å². The predicted molar refractivity (Wildman–Crippen MR) is 81.3 cm³/mol. The molecule has 0 unspecified atom stereocenters. The largest absolute Gasteiger partial charge is 0.373 e. The lowest BCUT2D eigenvalue weighted by Gasteiger charge is -2.10. The number of hydrogen-bond acceptors (Lipinski definition) is 5. The van der Waals surface area contributed by atoms with Gasteiger partial charge in [-0.2, -0.15) is 0 Å². The van der Waals surface area contributed by atoms with Gasteiger partial charge in [-0.15, -0.1) is 0 Å². The van der Waals surface area contributed by atoms with Crippen LogP contribution in [0.2, 0.25) is 0 Å². The van der Waals surface area contributed by atoms with E-state index in [4.69, 9.17) is 0 Å².